The van der Waals surface area contributed by atoms with Gasteiger partial charge in [0.2, 0.25) is 0 Å². The second kappa shape index (κ2) is 13.3. The van der Waals surface area contributed by atoms with Crippen molar-refractivity contribution in [2.45, 2.75) is 128 Å². The second-order valence-corrected chi connectivity index (χ2v) is 17.0. The molecule has 0 rings (SSSR count). The molecule has 212 valence electrons. The first-order valence-corrected chi connectivity index (χ1v) is 16.1. The number of rotatable bonds is 14. The minimum atomic E-state index is -2.32. The molecule has 0 saturated heterocycles. The summed E-state index contributed by atoms with van der Waals surface area (Å²) < 4.78 is 14.2. The molecule has 0 aliphatic rings. The van der Waals surface area contributed by atoms with E-state index in [1.807, 2.05) is 0 Å². The van der Waals surface area contributed by atoms with Gasteiger partial charge in [-0.3, -0.25) is 9.42 Å². The van der Waals surface area contributed by atoms with Crippen LogP contribution in [0.3, 0.4) is 0 Å². The van der Waals surface area contributed by atoms with Crippen LogP contribution in [0.4, 0.5) is 0 Å². The molecule has 0 heterocycles. The summed E-state index contributed by atoms with van der Waals surface area (Å²) >= 11 is 0. The van der Waals surface area contributed by atoms with E-state index in [1.54, 1.807) is 0 Å². The lowest BCUT2D eigenvalue weighted by Gasteiger charge is -2.69. The summed E-state index contributed by atoms with van der Waals surface area (Å²) in [5.41, 5.74) is -0.0546. The van der Waals surface area contributed by atoms with E-state index in [1.165, 1.54) is 0 Å². The second-order valence-electron chi connectivity index (χ2n) is 13.8. The summed E-state index contributed by atoms with van der Waals surface area (Å²) in [4.78, 5) is 0. The van der Waals surface area contributed by atoms with Crippen LogP contribution < -0.4 is 0 Å². The summed E-state index contributed by atoms with van der Waals surface area (Å²) in [5.74, 6) is 3.44. The average Bonchev–Trinajstić information content (AvgIpc) is 2.63. The van der Waals surface area contributed by atoms with Gasteiger partial charge in [0.05, 0.1) is 0 Å². The summed E-state index contributed by atoms with van der Waals surface area (Å²) in [5, 5.41) is 0. The van der Waals surface area contributed by atoms with Gasteiger partial charge in [-0.15, -0.1) is 0 Å². The Morgan fingerprint density at radius 1 is 0.543 bits per heavy atom. The molecular formula is C30H67N4P. The van der Waals surface area contributed by atoms with Crippen LogP contribution in [0, 0.1) is 41.4 Å². The maximum absolute atomic E-state index is 5.88. The Hall–Kier alpha value is 0.110. The highest BCUT2D eigenvalue weighted by atomic mass is 31.2. The molecule has 0 aliphatic carbocycles. The van der Waals surface area contributed by atoms with Crippen LogP contribution in [-0.2, 0) is 0 Å². The van der Waals surface area contributed by atoms with Crippen LogP contribution in [0.25, 0.3) is 0 Å². The largest absolute Gasteiger partial charge is 0.258 e. The fourth-order valence-corrected chi connectivity index (χ4v) is 13.3. The molecule has 0 N–H and O–H groups in total. The molecule has 0 bridgehead atoms. The molecule has 1 unspecified atom stereocenters. The molecule has 0 radical (unpaired) electrons. The number of hydrogen-bond donors (Lipinski definition) is 0. The van der Waals surface area contributed by atoms with Gasteiger partial charge in [-0.25, -0.2) is 9.34 Å². The predicted octanol–water partition coefficient (Wildman–Crippen LogP) is 9.21. The molecule has 0 saturated carbocycles. The molecule has 0 aromatic rings. The van der Waals surface area contributed by atoms with Crippen molar-refractivity contribution in [3.8, 4) is 0 Å². The van der Waals surface area contributed by atoms with Gasteiger partial charge in [0.25, 0.3) is 0 Å². The van der Waals surface area contributed by atoms with Crippen molar-refractivity contribution in [2.24, 2.45) is 46.2 Å². The molecule has 0 aromatic carbocycles. The molecule has 0 amide bonds. The zero-order chi connectivity index (χ0) is 28.3. The van der Waals surface area contributed by atoms with Crippen molar-refractivity contribution in [1.82, 2.24) is 14.0 Å². The highest BCUT2D eigenvalue weighted by Crippen LogP contribution is 2.70. The Bertz CT molecular complexity index is 598. The van der Waals surface area contributed by atoms with E-state index < -0.39 is 7.51 Å². The summed E-state index contributed by atoms with van der Waals surface area (Å²) in [6.07, 6.45) is 0. The van der Waals surface area contributed by atoms with E-state index in [9.17, 15) is 0 Å². The van der Waals surface area contributed by atoms with Gasteiger partial charge in [-0.1, -0.05) is 96.9 Å². The molecule has 4 nitrogen and oxygen atoms in total. The van der Waals surface area contributed by atoms with E-state index >= 15 is 0 Å². The van der Waals surface area contributed by atoms with Gasteiger partial charge in [-0.2, -0.15) is 0 Å². The van der Waals surface area contributed by atoms with Crippen LogP contribution in [0.15, 0.2) is 4.74 Å². The van der Waals surface area contributed by atoms with Crippen LogP contribution in [0.1, 0.15) is 111 Å². The van der Waals surface area contributed by atoms with Crippen molar-refractivity contribution < 1.29 is 0 Å². The standard InChI is InChI=1S/C30H67N4P/c1-21(2)20-33(19)35(32(17)18,31-28(15)16)34(29(22(3)4,23(5)6)24(7)8)30(25(9)10,26(11)12)27(13)14/h21-28H,20H2,1-19H3. The first-order valence-electron chi connectivity index (χ1n) is 14.5. The van der Waals surface area contributed by atoms with Gasteiger partial charge in [0.1, 0.15) is 0 Å². The van der Waals surface area contributed by atoms with Crippen LogP contribution >= 0.6 is 7.51 Å². The van der Waals surface area contributed by atoms with E-state index in [2.05, 4.69) is 146 Å². The first-order chi connectivity index (χ1) is 15.7. The minimum Gasteiger partial charge on any atom is -0.258 e. The molecule has 0 fully saturated rings. The van der Waals surface area contributed by atoms with Crippen molar-refractivity contribution >= 4 is 7.51 Å². The van der Waals surface area contributed by atoms with Gasteiger partial charge < -0.3 is 0 Å². The SMILES string of the molecule is CC(C)CN(C)P(=NC(C)C)(N(C)C)N(C(C(C)C)(C(C)C)C(C)C)C(C(C)C)(C(C)C)C(C)C. The average molecular weight is 515 g/mol. The van der Waals surface area contributed by atoms with Gasteiger partial charge in [0.15, 0.2) is 7.51 Å². The van der Waals surface area contributed by atoms with E-state index in [-0.39, 0.29) is 17.1 Å². The molecular weight excluding hydrogens is 447 g/mol. The summed E-state index contributed by atoms with van der Waals surface area (Å²) in [7, 11) is 4.66. The van der Waals surface area contributed by atoms with E-state index in [4.69, 9.17) is 4.74 Å². The maximum Gasteiger partial charge on any atom is 0.168 e. The molecule has 0 aliphatic heterocycles. The third-order valence-corrected chi connectivity index (χ3v) is 12.7. The minimum absolute atomic E-state index is 0.0273. The van der Waals surface area contributed by atoms with Gasteiger partial charge in [-0.05, 0) is 76.4 Å². The zero-order valence-corrected chi connectivity index (χ0v) is 28.5. The first kappa shape index (κ1) is 35.1. The zero-order valence-electron chi connectivity index (χ0n) is 27.6. The van der Waals surface area contributed by atoms with Crippen LogP contribution in [0.5, 0.6) is 0 Å². The smallest absolute Gasteiger partial charge is 0.168 e. The molecule has 5 heteroatoms. The molecule has 1 atom stereocenters. The Balaban J connectivity index is 8.59. The highest BCUT2D eigenvalue weighted by molar-refractivity contribution is 7.59. The monoisotopic (exact) mass is 515 g/mol. The maximum atomic E-state index is 5.88. The third-order valence-electron chi connectivity index (χ3n) is 8.56. The van der Waals surface area contributed by atoms with Gasteiger partial charge >= 0.3 is 0 Å². The number of nitrogens with zero attached hydrogens (tertiary/aromatic N) is 4. The molecule has 0 aromatic heterocycles. The Kier molecular flexibility index (Phi) is 13.3. The van der Waals surface area contributed by atoms with Crippen molar-refractivity contribution in [3.63, 3.8) is 0 Å². The number of hydrogen-bond acceptors (Lipinski definition) is 1. The van der Waals surface area contributed by atoms with E-state index in [0.29, 0.717) is 41.4 Å². The lowest BCUT2D eigenvalue weighted by Crippen LogP contribution is -2.72. The van der Waals surface area contributed by atoms with Crippen LogP contribution in [0.2, 0.25) is 0 Å². The van der Waals surface area contributed by atoms with Crippen molar-refractivity contribution in [2.75, 3.05) is 27.7 Å². The lowest BCUT2D eigenvalue weighted by atomic mass is 9.62. The fourth-order valence-electron chi connectivity index (χ4n) is 8.10. The van der Waals surface area contributed by atoms with Crippen LogP contribution in [-0.4, -0.2) is 58.8 Å². The van der Waals surface area contributed by atoms with E-state index in [0.717, 1.165) is 6.54 Å². The topological polar surface area (TPSA) is 22.1 Å². The molecule has 0 spiro atoms. The highest BCUT2D eigenvalue weighted by Gasteiger charge is 2.63. The summed E-state index contributed by atoms with van der Waals surface area (Å²) in [6, 6.07) is 0.246. The predicted molar refractivity (Wildman–Crippen MR) is 162 cm³/mol. The Labute approximate surface area is 223 Å². The normalized spacial score (nSPS) is 16.2. The lowest BCUT2D eigenvalue weighted by molar-refractivity contribution is -0.104. The Morgan fingerprint density at radius 3 is 1.00 bits per heavy atom. The van der Waals surface area contributed by atoms with Crippen molar-refractivity contribution in [3.05, 3.63) is 0 Å². The van der Waals surface area contributed by atoms with Crippen molar-refractivity contribution in [1.29, 1.82) is 0 Å². The third kappa shape index (κ3) is 6.23. The summed E-state index contributed by atoms with van der Waals surface area (Å²) in [6.45, 7) is 40.0. The van der Waals surface area contributed by atoms with Gasteiger partial charge in [0, 0.05) is 23.7 Å². The molecule has 35 heavy (non-hydrogen) atoms. The fraction of sp³-hybridized carbons (Fsp3) is 1.00. The quantitative estimate of drug-likeness (QED) is 0.216. The Morgan fingerprint density at radius 2 is 0.829 bits per heavy atom.